The average Bonchev–Trinajstić information content (AvgIpc) is 2.50. The molecule has 0 aromatic carbocycles. The minimum atomic E-state index is -0.246. The van der Waals surface area contributed by atoms with Crippen molar-refractivity contribution in [2.45, 2.75) is 58.1 Å². The summed E-state index contributed by atoms with van der Waals surface area (Å²) in [4.78, 5) is 4.03. The van der Waals surface area contributed by atoms with Crippen LogP contribution in [0.4, 0.5) is 0 Å². The summed E-state index contributed by atoms with van der Waals surface area (Å²) >= 11 is 0. The Balaban J connectivity index is 2.02. The maximum Gasteiger partial charge on any atom is 0.461 e. The third-order valence-electron chi connectivity index (χ3n) is 4.04. The summed E-state index contributed by atoms with van der Waals surface area (Å²) in [5, 5.41) is 0. The number of pyridine rings is 1. The molecule has 0 saturated carbocycles. The van der Waals surface area contributed by atoms with Gasteiger partial charge in [-0.15, -0.1) is 0 Å². The second-order valence-corrected chi connectivity index (χ2v) is 6.16. The number of rotatable bonds is 3. The van der Waals surface area contributed by atoms with Gasteiger partial charge in [-0.1, -0.05) is 6.92 Å². The minimum absolute atomic E-state index is 0.136. The molecule has 0 bridgehead atoms. The molecule has 1 aliphatic heterocycles. The summed E-state index contributed by atoms with van der Waals surface area (Å²) < 4.78 is 12.1. The maximum absolute atomic E-state index is 6.06. The molecule has 1 atom stereocenters. The van der Waals surface area contributed by atoms with Crippen LogP contribution in [0.1, 0.15) is 40.2 Å². The summed E-state index contributed by atoms with van der Waals surface area (Å²) in [6, 6.07) is 4.09. The van der Waals surface area contributed by atoms with Crippen LogP contribution in [0.15, 0.2) is 24.5 Å². The van der Waals surface area contributed by atoms with Gasteiger partial charge < -0.3 is 9.31 Å². The molecular formula is C14H22BNO2. The van der Waals surface area contributed by atoms with E-state index in [0.717, 1.165) is 6.42 Å². The number of aromatic nitrogens is 1. The maximum atomic E-state index is 6.06. The highest BCUT2D eigenvalue weighted by atomic mass is 16.7. The third-order valence-corrected chi connectivity index (χ3v) is 4.04. The minimum Gasteiger partial charge on any atom is -0.403 e. The number of hydrogen-bond acceptors (Lipinski definition) is 3. The van der Waals surface area contributed by atoms with Gasteiger partial charge in [-0.3, -0.25) is 4.98 Å². The van der Waals surface area contributed by atoms with Crippen LogP contribution in [0, 0.1) is 0 Å². The Bertz CT molecular complexity index is 390. The first kappa shape index (κ1) is 13.6. The van der Waals surface area contributed by atoms with E-state index in [0.29, 0.717) is 5.82 Å². The number of hydrogen-bond donors (Lipinski definition) is 0. The van der Waals surface area contributed by atoms with Crippen molar-refractivity contribution in [2.75, 3.05) is 0 Å². The van der Waals surface area contributed by atoms with E-state index in [1.165, 1.54) is 5.56 Å². The highest BCUT2D eigenvalue weighted by Crippen LogP contribution is 2.40. The van der Waals surface area contributed by atoms with E-state index < -0.39 is 0 Å². The fraction of sp³-hybridized carbons (Fsp3) is 0.643. The standard InChI is InChI=1S/C14H22BNO2/c1-11(10-12-6-8-16-9-7-12)15-17-13(2,3)14(4,5)18-15/h6-9,11H,10H2,1-5H3/t11-/m0/s1. The molecule has 1 saturated heterocycles. The van der Waals surface area contributed by atoms with Crippen LogP contribution in [-0.4, -0.2) is 23.3 Å². The Kier molecular flexibility index (Phi) is 3.52. The fourth-order valence-electron chi connectivity index (χ4n) is 2.11. The van der Waals surface area contributed by atoms with Crippen molar-refractivity contribution in [3.63, 3.8) is 0 Å². The van der Waals surface area contributed by atoms with Gasteiger partial charge in [0, 0.05) is 12.4 Å². The lowest BCUT2D eigenvalue weighted by atomic mass is 9.70. The molecule has 1 aliphatic rings. The van der Waals surface area contributed by atoms with E-state index in [1.54, 1.807) is 0 Å². The van der Waals surface area contributed by atoms with Crippen molar-refractivity contribution in [1.29, 1.82) is 0 Å². The SMILES string of the molecule is C[C@@H](Cc1ccncc1)B1OC(C)(C)C(C)(C)O1. The van der Waals surface area contributed by atoms with Crippen LogP contribution >= 0.6 is 0 Å². The molecule has 0 amide bonds. The monoisotopic (exact) mass is 247 g/mol. The molecule has 2 heterocycles. The van der Waals surface area contributed by atoms with E-state index in [9.17, 15) is 0 Å². The molecule has 0 spiro atoms. The van der Waals surface area contributed by atoms with Crippen LogP contribution in [0.3, 0.4) is 0 Å². The summed E-state index contributed by atoms with van der Waals surface area (Å²) in [6.45, 7) is 10.5. The van der Waals surface area contributed by atoms with E-state index >= 15 is 0 Å². The molecule has 98 valence electrons. The van der Waals surface area contributed by atoms with Crippen LogP contribution in [0.2, 0.25) is 5.82 Å². The topological polar surface area (TPSA) is 31.4 Å². The van der Waals surface area contributed by atoms with Gasteiger partial charge in [0.25, 0.3) is 0 Å². The highest BCUT2D eigenvalue weighted by molar-refractivity contribution is 6.47. The van der Waals surface area contributed by atoms with Gasteiger partial charge in [0.1, 0.15) is 0 Å². The second-order valence-electron chi connectivity index (χ2n) is 6.16. The normalized spacial score (nSPS) is 23.1. The van der Waals surface area contributed by atoms with Crippen LogP contribution in [-0.2, 0) is 15.7 Å². The van der Waals surface area contributed by atoms with Gasteiger partial charge in [0.15, 0.2) is 0 Å². The molecule has 3 nitrogen and oxygen atoms in total. The zero-order valence-electron chi connectivity index (χ0n) is 11.9. The second kappa shape index (κ2) is 4.67. The lowest BCUT2D eigenvalue weighted by Crippen LogP contribution is -2.41. The van der Waals surface area contributed by atoms with Crippen LogP contribution < -0.4 is 0 Å². The van der Waals surface area contributed by atoms with Gasteiger partial charge in [-0.25, -0.2) is 0 Å². The van der Waals surface area contributed by atoms with E-state index in [4.69, 9.17) is 9.31 Å². The quantitative estimate of drug-likeness (QED) is 0.769. The van der Waals surface area contributed by atoms with Gasteiger partial charge in [0.2, 0.25) is 0 Å². The van der Waals surface area contributed by atoms with Crippen molar-refractivity contribution < 1.29 is 9.31 Å². The third kappa shape index (κ3) is 2.60. The van der Waals surface area contributed by atoms with Gasteiger partial charge in [-0.05, 0) is 57.6 Å². The first-order valence-corrected chi connectivity index (χ1v) is 6.56. The van der Waals surface area contributed by atoms with Crippen molar-refractivity contribution in [1.82, 2.24) is 4.98 Å². The predicted octanol–water partition coefficient (Wildman–Crippen LogP) is 3.11. The molecule has 1 aromatic heterocycles. The lowest BCUT2D eigenvalue weighted by Gasteiger charge is -2.32. The Hall–Kier alpha value is -0.865. The molecule has 18 heavy (non-hydrogen) atoms. The summed E-state index contributed by atoms with van der Waals surface area (Å²) in [6.07, 6.45) is 4.60. The Morgan fingerprint density at radius 3 is 2.11 bits per heavy atom. The van der Waals surface area contributed by atoms with E-state index in [1.807, 2.05) is 24.5 Å². The molecule has 1 aromatic rings. The van der Waals surface area contributed by atoms with Gasteiger partial charge in [0.05, 0.1) is 11.2 Å². The molecule has 0 unspecified atom stereocenters. The van der Waals surface area contributed by atoms with E-state index in [2.05, 4.69) is 39.6 Å². The van der Waals surface area contributed by atoms with Gasteiger partial charge >= 0.3 is 7.12 Å². The van der Waals surface area contributed by atoms with Crippen molar-refractivity contribution in [2.24, 2.45) is 0 Å². The van der Waals surface area contributed by atoms with Crippen molar-refractivity contribution in [3.05, 3.63) is 30.1 Å². The average molecular weight is 247 g/mol. The smallest absolute Gasteiger partial charge is 0.403 e. The van der Waals surface area contributed by atoms with Crippen LogP contribution in [0.5, 0.6) is 0 Å². The largest absolute Gasteiger partial charge is 0.461 e. The first-order valence-electron chi connectivity index (χ1n) is 6.56. The molecule has 0 radical (unpaired) electrons. The molecular weight excluding hydrogens is 225 g/mol. The molecule has 0 aliphatic carbocycles. The Morgan fingerprint density at radius 2 is 1.61 bits per heavy atom. The first-order chi connectivity index (χ1) is 8.32. The number of nitrogens with zero attached hydrogens (tertiary/aromatic N) is 1. The molecule has 4 heteroatoms. The van der Waals surface area contributed by atoms with Crippen molar-refractivity contribution in [3.8, 4) is 0 Å². The zero-order chi connectivity index (χ0) is 13.4. The molecule has 2 rings (SSSR count). The van der Waals surface area contributed by atoms with Crippen molar-refractivity contribution >= 4 is 7.12 Å². The Morgan fingerprint density at radius 1 is 1.11 bits per heavy atom. The van der Waals surface area contributed by atoms with E-state index in [-0.39, 0.29) is 18.3 Å². The lowest BCUT2D eigenvalue weighted by molar-refractivity contribution is 0.00578. The zero-order valence-corrected chi connectivity index (χ0v) is 11.9. The Labute approximate surface area is 110 Å². The highest BCUT2D eigenvalue weighted by Gasteiger charge is 2.52. The van der Waals surface area contributed by atoms with Gasteiger partial charge in [-0.2, -0.15) is 0 Å². The van der Waals surface area contributed by atoms with Crippen LogP contribution in [0.25, 0.3) is 0 Å². The summed E-state index contributed by atoms with van der Waals surface area (Å²) in [7, 11) is -0.136. The molecule has 1 fully saturated rings. The fourth-order valence-corrected chi connectivity index (χ4v) is 2.11. The summed E-state index contributed by atoms with van der Waals surface area (Å²) in [5.74, 6) is 0.327. The molecule has 0 N–H and O–H groups in total. The summed E-state index contributed by atoms with van der Waals surface area (Å²) in [5.41, 5.74) is 0.779. The predicted molar refractivity (Wildman–Crippen MR) is 73.4 cm³/mol.